The van der Waals surface area contributed by atoms with Crippen LogP contribution in [0.3, 0.4) is 0 Å². The number of benzene rings is 2. The minimum Gasteiger partial charge on any atom is -0.361 e. The fourth-order valence-corrected chi connectivity index (χ4v) is 4.85. The van der Waals surface area contributed by atoms with Gasteiger partial charge in [-0.3, -0.25) is 19.5 Å². The Morgan fingerprint density at radius 1 is 0.969 bits per heavy atom. The molecule has 0 aliphatic heterocycles. The first-order valence-corrected chi connectivity index (χ1v) is 11.1. The standard InChI is InChI=1S/C24H20N4O3S/c29-22(14-28-24(31)17-8-2-1-7-16(17)23(30)27-28)26-13-19(21-10-5-11-32-21)18-12-25-20-9-4-3-6-15(18)20/h1-12,19,25H,13-14H2,(H,26,29)(H,27,30). The van der Waals surface area contributed by atoms with Gasteiger partial charge in [-0.2, -0.15) is 0 Å². The van der Waals surface area contributed by atoms with Crippen LogP contribution in [-0.4, -0.2) is 27.2 Å². The molecular formula is C24H20N4O3S. The summed E-state index contributed by atoms with van der Waals surface area (Å²) in [5, 5.41) is 9.16. The number of nitrogens with one attached hydrogen (secondary N) is 3. The fraction of sp³-hybridized carbons (Fsp3) is 0.125. The van der Waals surface area contributed by atoms with Gasteiger partial charge in [-0.15, -0.1) is 11.3 Å². The van der Waals surface area contributed by atoms with E-state index in [9.17, 15) is 14.4 Å². The van der Waals surface area contributed by atoms with Crippen molar-refractivity contribution in [3.05, 3.63) is 103 Å². The number of hydrogen-bond acceptors (Lipinski definition) is 4. The molecule has 0 saturated heterocycles. The van der Waals surface area contributed by atoms with Crippen molar-refractivity contribution in [2.75, 3.05) is 6.54 Å². The molecule has 0 aliphatic rings. The Morgan fingerprint density at radius 3 is 2.50 bits per heavy atom. The predicted molar refractivity (Wildman–Crippen MR) is 126 cm³/mol. The summed E-state index contributed by atoms with van der Waals surface area (Å²) in [4.78, 5) is 42.1. The minimum absolute atomic E-state index is 0.0394. The summed E-state index contributed by atoms with van der Waals surface area (Å²) in [6.07, 6.45) is 1.98. The molecule has 8 heteroatoms. The maximum absolute atomic E-state index is 12.7. The van der Waals surface area contributed by atoms with Gasteiger partial charge in [-0.25, -0.2) is 4.68 Å². The molecule has 2 aromatic carbocycles. The molecule has 5 rings (SSSR count). The van der Waals surface area contributed by atoms with Crippen molar-refractivity contribution in [1.82, 2.24) is 20.1 Å². The molecule has 160 valence electrons. The number of thiophene rings is 1. The number of para-hydroxylation sites is 1. The summed E-state index contributed by atoms with van der Waals surface area (Å²) in [7, 11) is 0. The van der Waals surface area contributed by atoms with Gasteiger partial charge in [-0.1, -0.05) is 36.4 Å². The van der Waals surface area contributed by atoms with Crippen LogP contribution in [0.2, 0.25) is 0 Å². The van der Waals surface area contributed by atoms with Gasteiger partial charge in [0, 0.05) is 34.4 Å². The molecule has 0 fully saturated rings. The zero-order valence-electron chi connectivity index (χ0n) is 17.0. The second-order valence-electron chi connectivity index (χ2n) is 7.54. The third-order valence-electron chi connectivity index (χ3n) is 5.57. The van der Waals surface area contributed by atoms with E-state index < -0.39 is 11.1 Å². The van der Waals surface area contributed by atoms with Gasteiger partial charge >= 0.3 is 0 Å². The number of hydrogen-bond donors (Lipinski definition) is 3. The SMILES string of the molecule is O=C(Cn1[nH]c(=O)c2ccccc2c1=O)NCC(c1cccs1)c1c[nH]c2ccccc12. The number of amides is 1. The lowest BCUT2D eigenvalue weighted by atomic mass is 9.96. The monoisotopic (exact) mass is 444 g/mol. The molecule has 7 nitrogen and oxygen atoms in total. The topological polar surface area (TPSA) is 99.8 Å². The number of fused-ring (bicyclic) bond motifs is 2. The van der Waals surface area contributed by atoms with Gasteiger partial charge < -0.3 is 10.3 Å². The largest absolute Gasteiger partial charge is 0.361 e. The molecule has 3 heterocycles. The Balaban J connectivity index is 1.39. The van der Waals surface area contributed by atoms with E-state index in [1.807, 2.05) is 35.8 Å². The predicted octanol–water partition coefficient (Wildman–Crippen LogP) is 3.18. The van der Waals surface area contributed by atoms with Gasteiger partial charge in [0.2, 0.25) is 5.91 Å². The van der Waals surface area contributed by atoms with Gasteiger partial charge in [-0.05, 0) is 35.2 Å². The highest BCUT2D eigenvalue weighted by molar-refractivity contribution is 7.10. The van der Waals surface area contributed by atoms with E-state index >= 15 is 0 Å². The second-order valence-corrected chi connectivity index (χ2v) is 8.52. The molecule has 1 unspecified atom stereocenters. The highest BCUT2D eigenvalue weighted by Crippen LogP contribution is 2.32. The van der Waals surface area contributed by atoms with Gasteiger partial charge in [0.1, 0.15) is 6.54 Å². The molecular weight excluding hydrogens is 424 g/mol. The van der Waals surface area contributed by atoms with Crippen LogP contribution in [0.5, 0.6) is 0 Å². The van der Waals surface area contributed by atoms with Crippen molar-refractivity contribution in [3.63, 3.8) is 0 Å². The minimum atomic E-state index is -0.401. The Hall–Kier alpha value is -3.91. The van der Waals surface area contributed by atoms with E-state index in [0.717, 1.165) is 26.0 Å². The van der Waals surface area contributed by atoms with Crippen LogP contribution in [-0.2, 0) is 11.3 Å². The van der Waals surface area contributed by atoms with E-state index in [0.29, 0.717) is 17.3 Å². The number of carbonyl (C=O) groups excluding carboxylic acids is 1. The van der Waals surface area contributed by atoms with Crippen molar-refractivity contribution in [1.29, 1.82) is 0 Å². The van der Waals surface area contributed by atoms with E-state index in [1.54, 1.807) is 35.6 Å². The Kier molecular flexibility index (Phi) is 5.20. The smallest absolute Gasteiger partial charge is 0.273 e. The Morgan fingerprint density at radius 2 is 1.72 bits per heavy atom. The maximum Gasteiger partial charge on any atom is 0.273 e. The van der Waals surface area contributed by atoms with Crippen molar-refractivity contribution >= 4 is 38.9 Å². The highest BCUT2D eigenvalue weighted by Gasteiger charge is 2.20. The molecule has 3 N–H and O–H groups in total. The fourth-order valence-electron chi connectivity index (χ4n) is 4.01. The van der Waals surface area contributed by atoms with Crippen molar-refractivity contribution < 1.29 is 4.79 Å². The van der Waals surface area contributed by atoms with Crippen LogP contribution >= 0.6 is 11.3 Å². The lowest BCUT2D eigenvalue weighted by Gasteiger charge is -2.16. The van der Waals surface area contributed by atoms with E-state index in [2.05, 4.69) is 27.5 Å². The number of nitrogens with zero attached hydrogens (tertiary/aromatic N) is 1. The molecule has 32 heavy (non-hydrogen) atoms. The van der Waals surface area contributed by atoms with Crippen LogP contribution < -0.4 is 16.4 Å². The first-order chi connectivity index (χ1) is 15.6. The first-order valence-electron chi connectivity index (χ1n) is 10.2. The van der Waals surface area contributed by atoms with Crippen LogP contribution in [0.4, 0.5) is 0 Å². The number of aromatic nitrogens is 3. The lowest BCUT2D eigenvalue weighted by Crippen LogP contribution is -2.38. The zero-order chi connectivity index (χ0) is 22.1. The first kappa shape index (κ1) is 20.0. The van der Waals surface area contributed by atoms with Gasteiger partial charge in [0.25, 0.3) is 11.1 Å². The normalized spacial score (nSPS) is 12.2. The van der Waals surface area contributed by atoms with Crippen molar-refractivity contribution in [3.8, 4) is 0 Å². The average Bonchev–Trinajstić information content (AvgIpc) is 3.49. The number of H-pyrrole nitrogens is 2. The summed E-state index contributed by atoms with van der Waals surface area (Å²) in [5.41, 5.74) is 1.33. The zero-order valence-corrected chi connectivity index (χ0v) is 17.8. The van der Waals surface area contributed by atoms with Gasteiger partial charge in [0.15, 0.2) is 0 Å². The van der Waals surface area contributed by atoms with Gasteiger partial charge in [0.05, 0.1) is 10.8 Å². The van der Waals surface area contributed by atoms with E-state index in [4.69, 9.17) is 0 Å². The van der Waals surface area contributed by atoms with Crippen LogP contribution in [0.1, 0.15) is 16.4 Å². The number of aromatic amines is 2. The van der Waals surface area contributed by atoms with E-state index in [-0.39, 0.29) is 18.4 Å². The van der Waals surface area contributed by atoms with Crippen LogP contribution in [0.15, 0.2) is 81.8 Å². The lowest BCUT2D eigenvalue weighted by molar-refractivity contribution is -0.121. The molecule has 0 bridgehead atoms. The molecule has 0 saturated carbocycles. The third kappa shape index (κ3) is 3.65. The molecule has 1 atom stereocenters. The average molecular weight is 445 g/mol. The summed E-state index contributed by atoms with van der Waals surface area (Å²) < 4.78 is 1.06. The molecule has 1 amide bonds. The molecule has 0 radical (unpaired) electrons. The Bertz CT molecular complexity index is 1530. The Labute approximate surface area is 186 Å². The summed E-state index contributed by atoms with van der Waals surface area (Å²) >= 11 is 1.63. The third-order valence-corrected chi connectivity index (χ3v) is 6.56. The molecule has 0 aliphatic carbocycles. The quantitative estimate of drug-likeness (QED) is 0.375. The van der Waals surface area contributed by atoms with Crippen molar-refractivity contribution in [2.45, 2.75) is 12.5 Å². The number of carbonyl (C=O) groups is 1. The van der Waals surface area contributed by atoms with Crippen LogP contribution in [0, 0.1) is 0 Å². The summed E-state index contributed by atoms with van der Waals surface area (Å²) in [5.74, 6) is -0.387. The second kappa shape index (κ2) is 8.32. The summed E-state index contributed by atoms with van der Waals surface area (Å²) in [6, 6.07) is 18.7. The molecule has 0 spiro atoms. The number of rotatable bonds is 6. The van der Waals surface area contributed by atoms with Crippen LogP contribution in [0.25, 0.3) is 21.7 Å². The summed E-state index contributed by atoms with van der Waals surface area (Å²) in [6.45, 7) is 0.109. The maximum atomic E-state index is 12.7. The van der Waals surface area contributed by atoms with Crippen molar-refractivity contribution in [2.24, 2.45) is 0 Å². The molecule has 3 aromatic heterocycles. The highest BCUT2D eigenvalue weighted by atomic mass is 32.1. The molecule has 5 aromatic rings. The van der Waals surface area contributed by atoms with E-state index in [1.165, 1.54) is 0 Å².